The molecule has 0 spiro atoms. The van der Waals surface area contributed by atoms with E-state index >= 15 is 0 Å². The van der Waals surface area contributed by atoms with Crippen LogP contribution in [-0.4, -0.2) is 27.3 Å². The third-order valence-corrected chi connectivity index (χ3v) is 2.43. The van der Waals surface area contributed by atoms with Gasteiger partial charge in [-0.3, -0.25) is 0 Å². The fraction of sp³-hybridized carbons (Fsp3) is 0.364. The van der Waals surface area contributed by atoms with Crippen molar-refractivity contribution in [1.82, 2.24) is 20.2 Å². The molecule has 0 aliphatic rings. The molecule has 2 rings (SSSR count). The molecular formula is C11H14N4O. The van der Waals surface area contributed by atoms with E-state index in [1.165, 1.54) is 4.80 Å². The maximum atomic E-state index is 5.31. The Morgan fingerprint density at radius 2 is 1.81 bits per heavy atom. The predicted molar refractivity (Wildman–Crippen MR) is 60.3 cm³/mol. The highest BCUT2D eigenvalue weighted by molar-refractivity contribution is 5.60. The van der Waals surface area contributed by atoms with Gasteiger partial charge in [0.15, 0.2) is 0 Å². The van der Waals surface area contributed by atoms with Gasteiger partial charge in [0.25, 0.3) is 0 Å². The van der Waals surface area contributed by atoms with Gasteiger partial charge in [-0.2, -0.15) is 4.80 Å². The zero-order chi connectivity index (χ0) is 11.7. The summed E-state index contributed by atoms with van der Waals surface area (Å²) < 4.78 is 5.31. The Hall–Kier alpha value is -1.91. The average molecular weight is 218 g/mol. The minimum Gasteiger partial charge on any atom is -0.496 e. The molecule has 84 valence electrons. The lowest BCUT2D eigenvalue weighted by Gasteiger charge is -2.09. The molecule has 0 unspecified atom stereocenters. The molecule has 1 heterocycles. The van der Waals surface area contributed by atoms with E-state index in [9.17, 15) is 0 Å². The lowest BCUT2D eigenvalue weighted by atomic mass is 10.1. The van der Waals surface area contributed by atoms with E-state index < -0.39 is 0 Å². The highest BCUT2D eigenvalue weighted by Gasteiger charge is 2.09. The maximum absolute atomic E-state index is 5.31. The van der Waals surface area contributed by atoms with Crippen LogP contribution < -0.4 is 4.74 Å². The highest BCUT2D eigenvalue weighted by Crippen LogP contribution is 2.27. The van der Waals surface area contributed by atoms with E-state index in [1.54, 1.807) is 14.2 Å². The number of rotatable bonds is 2. The average Bonchev–Trinajstić information content (AvgIpc) is 2.64. The highest BCUT2D eigenvalue weighted by atomic mass is 16.5. The van der Waals surface area contributed by atoms with E-state index in [1.807, 2.05) is 26.0 Å². The first kappa shape index (κ1) is 10.6. The number of aryl methyl sites for hydroxylation is 3. The first-order chi connectivity index (χ1) is 7.61. The lowest BCUT2D eigenvalue weighted by molar-refractivity contribution is 0.408. The van der Waals surface area contributed by atoms with Gasteiger partial charge in [0, 0.05) is 5.56 Å². The molecular weight excluding hydrogens is 204 g/mol. The van der Waals surface area contributed by atoms with E-state index in [0.717, 1.165) is 22.4 Å². The van der Waals surface area contributed by atoms with Gasteiger partial charge in [0.1, 0.15) is 5.75 Å². The first-order valence-electron chi connectivity index (χ1n) is 5.01. The van der Waals surface area contributed by atoms with Crippen LogP contribution in [0, 0.1) is 13.8 Å². The van der Waals surface area contributed by atoms with Gasteiger partial charge in [-0.05, 0) is 42.3 Å². The SMILES string of the molecule is COc1c(C)cc(-c2nnn(C)n2)cc1C. The van der Waals surface area contributed by atoms with Crippen LogP contribution in [0.5, 0.6) is 5.75 Å². The Morgan fingerprint density at radius 1 is 1.19 bits per heavy atom. The lowest BCUT2D eigenvalue weighted by Crippen LogP contribution is -1.94. The van der Waals surface area contributed by atoms with Crippen molar-refractivity contribution in [2.24, 2.45) is 7.05 Å². The van der Waals surface area contributed by atoms with Crippen LogP contribution >= 0.6 is 0 Å². The molecule has 0 fully saturated rings. The topological polar surface area (TPSA) is 52.8 Å². The molecule has 0 saturated heterocycles. The molecule has 1 aromatic heterocycles. The summed E-state index contributed by atoms with van der Waals surface area (Å²) in [6.07, 6.45) is 0. The van der Waals surface area contributed by atoms with Gasteiger partial charge in [0.05, 0.1) is 14.2 Å². The molecule has 0 radical (unpaired) electrons. The van der Waals surface area contributed by atoms with Crippen LogP contribution in [0.25, 0.3) is 11.4 Å². The first-order valence-corrected chi connectivity index (χ1v) is 5.01. The largest absolute Gasteiger partial charge is 0.496 e. The van der Waals surface area contributed by atoms with E-state index in [4.69, 9.17) is 4.74 Å². The normalized spacial score (nSPS) is 10.5. The molecule has 2 aromatic rings. The Kier molecular flexibility index (Phi) is 2.60. The van der Waals surface area contributed by atoms with Crippen LogP contribution in [0.15, 0.2) is 12.1 Å². The monoisotopic (exact) mass is 218 g/mol. The number of hydrogen-bond acceptors (Lipinski definition) is 4. The van der Waals surface area contributed by atoms with Gasteiger partial charge in [-0.25, -0.2) is 0 Å². The summed E-state index contributed by atoms with van der Waals surface area (Å²) in [6, 6.07) is 4.01. The Bertz CT molecular complexity index is 495. The second-order valence-electron chi connectivity index (χ2n) is 3.75. The third-order valence-electron chi connectivity index (χ3n) is 2.43. The molecule has 0 bridgehead atoms. The summed E-state index contributed by atoms with van der Waals surface area (Å²) in [6.45, 7) is 4.01. The summed E-state index contributed by atoms with van der Waals surface area (Å²) in [5, 5.41) is 12.0. The minimum atomic E-state index is 0.636. The fourth-order valence-corrected chi connectivity index (χ4v) is 1.80. The van der Waals surface area contributed by atoms with E-state index in [-0.39, 0.29) is 0 Å². The quantitative estimate of drug-likeness (QED) is 0.766. The zero-order valence-corrected chi connectivity index (χ0v) is 9.85. The fourth-order valence-electron chi connectivity index (χ4n) is 1.80. The van der Waals surface area contributed by atoms with Crippen molar-refractivity contribution < 1.29 is 4.74 Å². The second kappa shape index (κ2) is 3.92. The van der Waals surface area contributed by atoms with Crippen molar-refractivity contribution in [3.05, 3.63) is 23.3 Å². The molecule has 5 nitrogen and oxygen atoms in total. The third kappa shape index (κ3) is 1.76. The van der Waals surface area contributed by atoms with Crippen molar-refractivity contribution in [1.29, 1.82) is 0 Å². The minimum absolute atomic E-state index is 0.636. The molecule has 0 atom stereocenters. The number of benzene rings is 1. The summed E-state index contributed by atoms with van der Waals surface area (Å²) >= 11 is 0. The van der Waals surface area contributed by atoms with Gasteiger partial charge in [-0.1, -0.05) is 0 Å². The molecule has 0 saturated carbocycles. The zero-order valence-electron chi connectivity index (χ0n) is 9.85. The van der Waals surface area contributed by atoms with Crippen LogP contribution in [0.4, 0.5) is 0 Å². The summed E-state index contributed by atoms with van der Waals surface area (Å²) in [5.41, 5.74) is 3.11. The van der Waals surface area contributed by atoms with Crippen LogP contribution in [-0.2, 0) is 7.05 Å². The van der Waals surface area contributed by atoms with Crippen molar-refractivity contribution in [3.8, 4) is 17.1 Å². The van der Waals surface area contributed by atoms with Crippen LogP contribution in [0.2, 0.25) is 0 Å². The molecule has 0 aliphatic carbocycles. The summed E-state index contributed by atoms with van der Waals surface area (Å²) in [7, 11) is 3.43. The number of aromatic nitrogens is 4. The van der Waals surface area contributed by atoms with Crippen molar-refractivity contribution >= 4 is 0 Å². The molecule has 0 aliphatic heterocycles. The number of methoxy groups -OCH3 is 1. The Morgan fingerprint density at radius 3 is 2.25 bits per heavy atom. The van der Waals surface area contributed by atoms with Crippen molar-refractivity contribution in [2.75, 3.05) is 7.11 Å². The Labute approximate surface area is 94.0 Å². The van der Waals surface area contributed by atoms with Crippen molar-refractivity contribution in [3.63, 3.8) is 0 Å². The smallest absolute Gasteiger partial charge is 0.204 e. The number of tetrazole rings is 1. The van der Waals surface area contributed by atoms with Gasteiger partial charge < -0.3 is 4.74 Å². The van der Waals surface area contributed by atoms with Crippen molar-refractivity contribution in [2.45, 2.75) is 13.8 Å². The van der Waals surface area contributed by atoms with Crippen LogP contribution in [0.1, 0.15) is 11.1 Å². The number of nitrogens with zero attached hydrogens (tertiary/aromatic N) is 4. The van der Waals surface area contributed by atoms with Gasteiger partial charge in [-0.15, -0.1) is 10.2 Å². The summed E-state index contributed by atoms with van der Waals surface area (Å²) in [5.74, 6) is 1.55. The second-order valence-corrected chi connectivity index (χ2v) is 3.75. The maximum Gasteiger partial charge on any atom is 0.204 e. The predicted octanol–water partition coefficient (Wildman–Crippen LogP) is 1.50. The van der Waals surface area contributed by atoms with Gasteiger partial charge in [0.2, 0.25) is 5.82 Å². The van der Waals surface area contributed by atoms with E-state index in [0.29, 0.717) is 5.82 Å². The molecule has 16 heavy (non-hydrogen) atoms. The van der Waals surface area contributed by atoms with Crippen LogP contribution in [0.3, 0.4) is 0 Å². The molecule has 0 N–H and O–H groups in total. The molecule has 1 aromatic carbocycles. The Balaban J connectivity index is 2.52. The number of hydrogen-bond donors (Lipinski definition) is 0. The summed E-state index contributed by atoms with van der Waals surface area (Å²) in [4.78, 5) is 1.45. The van der Waals surface area contributed by atoms with Gasteiger partial charge >= 0.3 is 0 Å². The number of ether oxygens (including phenoxy) is 1. The van der Waals surface area contributed by atoms with E-state index in [2.05, 4.69) is 15.4 Å². The molecule has 5 heteroatoms. The standard InChI is InChI=1S/C11H14N4O/c1-7-5-9(6-8(2)10(7)16-4)11-12-14-15(3)13-11/h5-6H,1-4H3. The molecule has 0 amide bonds.